The molecule has 33 heavy (non-hydrogen) atoms. The van der Waals surface area contributed by atoms with Crippen LogP contribution in [-0.4, -0.2) is 60.3 Å². The van der Waals surface area contributed by atoms with Crippen molar-refractivity contribution in [3.8, 4) is 5.75 Å². The fourth-order valence-corrected chi connectivity index (χ4v) is 3.56. The number of benzene rings is 2. The molecule has 0 radical (unpaired) electrons. The van der Waals surface area contributed by atoms with Gasteiger partial charge in [0.05, 0.1) is 6.26 Å². The molecular formula is C24H22ClN3O5. The molecule has 1 aromatic heterocycles. The number of piperazine rings is 1. The summed E-state index contributed by atoms with van der Waals surface area (Å²) < 4.78 is 10.7. The van der Waals surface area contributed by atoms with Gasteiger partial charge in [0.1, 0.15) is 5.75 Å². The van der Waals surface area contributed by atoms with Crippen LogP contribution in [0.1, 0.15) is 20.9 Å². The van der Waals surface area contributed by atoms with Crippen molar-refractivity contribution in [2.24, 2.45) is 0 Å². The Balaban J connectivity index is 1.25. The number of nitrogens with one attached hydrogen (secondary N) is 1. The number of furan rings is 1. The molecule has 1 aliphatic heterocycles. The van der Waals surface area contributed by atoms with Crippen LogP contribution in [0.2, 0.25) is 5.02 Å². The van der Waals surface area contributed by atoms with Crippen molar-refractivity contribution in [1.82, 2.24) is 9.80 Å². The van der Waals surface area contributed by atoms with Gasteiger partial charge in [0.2, 0.25) is 0 Å². The Morgan fingerprint density at radius 2 is 1.67 bits per heavy atom. The van der Waals surface area contributed by atoms with E-state index in [1.54, 1.807) is 70.5 Å². The van der Waals surface area contributed by atoms with E-state index in [0.717, 1.165) is 0 Å². The number of rotatable bonds is 6. The van der Waals surface area contributed by atoms with Crippen molar-refractivity contribution in [2.45, 2.75) is 0 Å². The zero-order chi connectivity index (χ0) is 23.2. The first-order valence-electron chi connectivity index (χ1n) is 10.4. The number of hydrogen-bond acceptors (Lipinski definition) is 5. The van der Waals surface area contributed by atoms with E-state index in [1.807, 2.05) is 0 Å². The summed E-state index contributed by atoms with van der Waals surface area (Å²) in [4.78, 5) is 40.7. The summed E-state index contributed by atoms with van der Waals surface area (Å²) in [5.74, 6) is 0.0311. The minimum atomic E-state index is -0.376. The molecule has 4 rings (SSSR count). The van der Waals surface area contributed by atoms with Gasteiger partial charge in [-0.3, -0.25) is 14.4 Å². The highest BCUT2D eigenvalue weighted by Gasteiger charge is 2.25. The van der Waals surface area contributed by atoms with Gasteiger partial charge in [-0.05, 0) is 48.5 Å². The van der Waals surface area contributed by atoms with Crippen LogP contribution >= 0.6 is 11.6 Å². The number of hydrogen-bond donors (Lipinski definition) is 1. The Bertz CT molecular complexity index is 1120. The Hall–Kier alpha value is -3.78. The lowest BCUT2D eigenvalue weighted by Gasteiger charge is -2.34. The summed E-state index contributed by atoms with van der Waals surface area (Å²) in [5.41, 5.74) is 1.09. The average molecular weight is 468 g/mol. The topological polar surface area (TPSA) is 92.1 Å². The lowest BCUT2D eigenvalue weighted by atomic mass is 10.2. The van der Waals surface area contributed by atoms with Crippen LogP contribution in [0.4, 0.5) is 5.69 Å². The van der Waals surface area contributed by atoms with E-state index < -0.39 is 0 Å². The first kappa shape index (κ1) is 22.4. The SMILES string of the molecule is O=C(Nc1cccc(OCC(=O)N2CCN(C(=O)c3ccc(Cl)cc3)CC2)c1)c1ccco1. The monoisotopic (exact) mass is 467 g/mol. The van der Waals surface area contributed by atoms with Crippen LogP contribution in [0, 0.1) is 0 Å². The third-order valence-electron chi connectivity index (χ3n) is 5.21. The zero-order valence-corrected chi connectivity index (χ0v) is 18.5. The van der Waals surface area contributed by atoms with Crippen molar-refractivity contribution in [3.05, 3.63) is 83.3 Å². The normalized spacial score (nSPS) is 13.5. The smallest absolute Gasteiger partial charge is 0.291 e. The number of nitrogens with zero attached hydrogens (tertiary/aromatic N) is 2. The van der Waals surface area contributed by atoms with Crippen LogP contribution in [0.25, 0.3) is 0 Å². The van der Waals surface area contributed by atoms with Gasteiger partial charge in [0.25, 0.3) is 17.7 Å². The van der Waals surface area contributed by atoms with Crippen molar-refractivity contribution >= 4 is 35.0 Å². The summed E-state index contributed by atoms with van der Waals surface area (Å²) in [6.07, 6.45) is 1.42. The van der Waals surface area contributed by atoms with Gasteiger partial charge in [0.15, 0.2) is 12.4 Å². The van der Waals surface area contributed by atoms with E-state index in [9.17, 15) is 14.4 Å². The second kappa shape index (κ2) is 10.2. The van der Waals surface area contributed by atoms with E-state index in [0.29, 0.717) is 48.2 Å². The average Bonchev–Trinajstić information content (AvgIpc) is 3.38. The summed E-state index contributed by atoms with van der Waals surface area (Å²) in [6, 6.07) is 16.7. The van der Waals surface area contributed by atoms with Crippen LogP contribution in [-0.2, 0) is 4.79 Å². The number of halogens is 1. The van der Waals surface area contributed by atoms with Crippen LogP contribution in [0.5, 0.6) is 5.75 Å². The number of carbonyl (C=O) groups is 3. The highest BCUT2D eigenvalue weighted by molar-refractivity contribution is 6.30. The number of amides is 3. The lowest BCUT2D eigenvalue weighted by molar-refractivity contribution is -0.134. The molecule has 0 saturated carbocycles. The second-order valence-electron chi connectivity index (χ2n) is 7.43. The van der Waals surface area contributed by atoms with Crippen molar-refractivity contribution in [2.75, 3.05) is 38.1 Å². The van der Waals surface area contributed by atoms with Gasteiger partial charge in [-0.25, -0.2) is 0 Å². The van der Waals surface area contributed by atoms with E-state index >= 15 is 0 Å². The van der Waals surface area contributed by atoms with E-state index in [2.05, 4.69) is 5.32 Å². The molecule has 0 aliphatic carbocycles. The fraction of sp³-hybridized carbons (Fsp3) is 0.208. The van der Waals surface area contributed by atoms with Crippen LogP contribution in [0.3, 0.4) is 0 Å². The van der Waals surface area contributed by atoms with Crippen molar-refractivity contribution < 1.29 is 23.5 Å². The van der Waals surface area contributed by atoms with E-state index in [1.165, 1.54) is 6.26 Å². The van der Waals surface area contributed by atoms with E-state index in [4.69, 9.17) is 20.8 Å². The van der Waals surface area contributed by atoms with Gasteiger partial charge < -0.3 is 24.3 Å². The second-order valence-corrected chi connectivity index (χ2v) is 7.86. The molecule has 1 saturated heterocycles. The summed E-state index contributed by atoms with van der Waals surface area (Å²) in [5, 5.41) is 3.29. The molecule has 0 spiro atoms. The molecule has 170 valence electrons. The Morgan fingerprint density at radius 1 is 0.939 bits per heavy atom. The van der Waals surface area contributed by atoms with Crippen LogP contribution in [0.15, 0.2) is 71.3 Å². The molecule has 1 N–H and O–H groups in total. The van der Waals surface area contributed by atoms with Crippen molar-refractivity contribution in [3.63, 3.8) is 0 Å². The molecule has 9 heteroatoms. The zero-order valence-electron chi connectivity index (χ0n) is 17.7. The quantitative estimate of drug-likeness (QED) is 0.598. The minimum absolute atomic E-state index is 0.0802. The lowest BCUT2D eigenvalue weighted by Crippen LogP contribution is -2.51. The number of anilines is 1. The summed E-state index contributed by atoms with van der Waals surface area (Å²) in [7, 11) is 0. The third kappa shape index (κ3) is 5.72. The molecule has 1 aliphatic rings. The van der Waals surface area contributed by atoms with Gasteiger partial charge in [-0.1, -0.05) is 17.7 Å². The molecule has 8 nitrogen and oxygen atoms in total. The predicted molar refractivity (Wildman–Crippen MR) is 123 cm³/mol. The Kier molecular flexibility index (Phi) is 6.95. The minimum Gasteiger partial charge on any atom is -0.484 e. The van der Waals surface area contributed by atoms with Gasteiger partial charge in [-0.15, -0.1) is 0 Å². The standard InChI is InChI=1S/C24H22ClN3O5/c25-18-8-6-17(7-9-18)24(31)28-12-10-27(11-13-28)22(29)16-33-20-4-1-3-19(15-20)26-23(30)21-5-2-14-32-21/h1-9,14-15H,10-13,16H2,(H,26,30). The summed E-state index contributed by atoms with van der Waals surface area (Å²) >= 11 is 5.88. The molecule has 1 fully saturated rings. The summed E-state index contributed by atoms with van der Waals surface area (Å²) in [6.45, 7) is 1.62. The largest absolute Gasteiger partial charge is 0.484 e. The predicted octanol–water partition coefficient (Wildman–Crippen LogP) is 3.55. The van der Waals surface area contributed by atoms with Gasteiger partial charge >= 0.3 is 0 Å². The maximum Gasteiger partial charge on any atom is 0.291 e. The van der Waals surface area contributed by atoms with Gasteiger partial charge in [0, 0.05) is 48.5 Å². The Morgan fingerprint density at radius 3 is 2.36 bits per heavy atom. The molecule has 3 amide bonds. The molecule has 0 unspecified atom stereocenters. The molecule has 2 heterocycles. The van der Waals surface area contributed by atoms with E-state index in [-0.39, 0.29) is 30.1 Å². The molecular weight excluding hydrogens is 446 g/mol. The maximum absolute atomic E-state index is 12.6. The highest BCUT2D eigenvalue weighted by Crippen LogP contribution is 2.19. The number of ether oxygens (including phenoxy) is 1. The van der Waals surface area contributed by atoms with Gasteiger partial charge in [-0.2, -0.15) is 0 Å². The first-order chi connectivity index (χ1) is 16.0. The Labute approximate surface area is 195 Å². The maximum atomic E-state index is 12.6. The first-order valence-corrected chi connectivity index (χ1v) is 10.8. The van der Waals surface area contributed by atoms with Crippen molar-refractivity contribution in [1.29, 1.82) is 0 Å². The van der Waals surface area contributed by atoms with Crippen LogP contribution < -0.4 is 10.1 Å². The molecule has 0 atom stereocenters. The fourth-order valence-electron chi connectivity index (χ4n) is 3.43. The molecule has 2 aromatic carbocycles. The molecule has 0 bridgehead atoms. The number of carbonyl (C=O) groups excluding carboxylic acids is 3. The molecule has 3 aromatic rings. The third-order valence-corrected chi connectivity index (χ3v) is 5.46. The highest BCUT2D eigenvalue weighted by atomic mass is 35.5.